The fourth-order valence-electron chi connectivity index (χ4n) is 2.24. The van der Waals surface area contributed by atoms with E-state index >= 15 is 0 Å². The van der Waals surface area contributed by atoms with Crippen molar-refractivity contribution in [3.63, 3.8) is 0 Å². The monoisotopic (exact) mass is 257 g/mol. The number of nitrogens with one attached hydrogen (secondary N) is 1. The molecule has 1 unspecified atom stereocenters. The van der Waals surface area contributed by atoms with E-state index in [1.54, 1.807) is 13.0 Å². The van der Waals surface area contributed by atoms with Gasteiger partial charge in [0, 0.05) is 0 Å². The van der Waals surface area contributed by atoms with Crippen molar-refractivity contribution in [3.8, 4) is 0 Å². The maximum absolute atomic E-state index is 13.4. The molecule has 0 spiro atoms. The molecular formula is C17H20FN. The third-order valence-electron chi connectivity index (χ3n) is 3.33. The van der Waals surface area contributed by atoms with Crippen LogP contribution in [-0.2, 0) is 0 Å². The van der Waals surface area contributed by atoms with E-state index in [0.717, 1.165) is 12.1 Å². The Morgan fingerprint density at radius 3 is 2.21 bits per heavy atom. The normalized spacial score (nSPS) is 12.4. The molecule has 2 aromatic rings. The van der Waals surface area contributed by atoms with Crippen LogP contribution in [0.5, 0.6) is 0 Å². The van der Waals surface area contributed by atoms with Crippen LogP contribution >= 0.6 is 0 Å². The average molecular weight is 257 g/mol. The van der Waals surface area contributed by atoms with Crippen molar-refractivity contribution in [1.82, 2.24) is 5.32 Å². The Hall–Kier alpha value is -1.67. The topological polar surface area (TPSA) is 12.0 Å². The minimum atomic E-state index is -0.150. The zero-order valence-corrected chi connectivity index (χ0v) is 11.7. The smallest absolute Gasteiger partial charge is 0.126 e. The number of halogens is 1. The lowest BCUT2D eigenvalue weighted by Gasteiger charge is -2.20. The highest BCUT2D eigenvalue weighted by Gasteiger charge is 2.13. The first-order chi connectivity index (χ1) is 9.11. The molecule has 2 heteroatoms. The van der Waals surface area contributed by atoms with Crippen LogP contribution in [0.1, 0.15) is 35.2 Å². The minimum Gasteiger partial charge on any atom is -0.307 e. The van der Waals surface area contributed by atoms with Crippen LogP contribution in [-0.4, -0.2) is 6.54 Å². The average Bonchev–Trinajstić information content (AvgIpc) is 2.41. The summed E-state index contributed by atoms with van der Waals surface area (Å²) in [6.45, 7) is 6.83. The zero-order valence-electron chi connectivity index (χ0n) is 11.7. The predicted molar refractivity (Wildman–Crippen MR) is 77.8 cm³/mol. The van der Waals surface area contributed by atoms with E-state index in [0.29, 0.717) is 5.56 Å². The highest BCUT2D eigenvalue weighted by Crippen LogP contribution is 2.24. The second kappa shape index (κ2) is 5.98. The van der Waals surface area contributed by atoms with Crippen molar-refractivity contribution in [2.24, 2.45) is 0 Å². The van der Waals surface area contributed by atoms with E-state index in [2.05, 4.69) is 43.4 Å². The number of benzene rings is 2. The van der Waals surface area contributed by atoms with Crippen molar-refractivity contribution in [1.29, 1.82) is 0 Å². The van der Waals surface area contributed by atoms with Crippen molar-refractivity contribution in [2.45, 2.75) is 26.8 Å². The molecule has 0 saturated carbocycles. The molecule has 2 rings (SSSR count). The number of aryl methyl sites for hydroxylation is 2. The molecule has 19 heavy (non-hydrogen) atoms. The third kappa shape index (κ3) is 3.21. The van der Waals surface area contributed by atoms with Crippen LogP contribution in [0.25, 0.3) is 0 Å². The quantitative estimate of drug-likeness (QED) is 0.868. The van der Waals surface area contributed by atoms with Gasteiger partial charge in [0.15, 0.2) is 0 Å². The van der Waals surface area contributed by atoms with E-state index in [-0.39, 0.29) is 11.9 Å². The van der Waals surface area contributed by atoms with Gasteiger partial charge in [0.25, 0.3) is 0 Å². The summed E-state index contributed by atoms with van der Waals surface area (Å²) in [4.78, 5) is 0. The Balaban J connectivity index is 2.38. The number of hydrogen-bond acceptors (Lipinski definition) is 1. The molecule has 0 saturated heterocycles. The summed E-state index contributed by atoms with van der Waals surface area (Å²) in [5.74, 6) is -0.150. The lowest BCUT2D eigenvalue weighted by atomic mass is 9.96. The van der Waals surface area contributed by atoms with Crippen molar-refractivity contribution < 1.29 is 4.39 Å². The fraction of sp³-hybridized carbons (Fsp3) is 0.294. The Morgan fingerprint density at radius 1 is 1.00 bits per heavy atom. The van der Waals surface area contributed by atoms with Crippen molar-refractivity contribution in [3.05, 3.63) is 70.5 Å². The molecule has 0 aliphatic carbocycles. The van der Waals surface area contributed by atoms with E-state index < -0.39 is 0 Å². The summed E-state index contributed by atoms with van der Waals surface area (Å²) in [5, 5.41) is 3.46. The second-order valence-corrected chi connectivity index (χ2v) is 4.91. The third-order valence-corrected chi connectivity index (χ3v) is 3.33. The van der Waals surface area contributed by atoms with Crippen molar-refractivity contribution >= 4 is 0 Å². The molecule has 1 atom stereocenters. The Kier molecular flexibility index (Phi) is 4.33. The molecule has 0 fully saturated rings. The highest BCUT2D eigenvalue weighted by atomic mass is 19.1. The van der Waals surface area contributed by atoms with Gasteiger partial charge in [-0.25, -0.2) is 4.39 Å². The molecule has 0 heterocycles. The molecule has 0 amide bonds. The first kappa shape index (κ1) is 13.8. The van der Waals surface area contributed by atoms with E-state index in [9.17, 15) is 4.39 Å². The first-order valence-corrected chi connectivity index (χ1v) is 6.68. The maximum Gasteiger partial charge on any atom is 0.126 e. The summed E-state index contributed by atoms with van der Waals surface area (Å²) < 4.78 is 13.4. The molecule has 0 aliphatic heterocycles. The van der Waals surface area contributed by atoms with Gasteiger partial charge in [0.2, 0.25) is 0 Å². The lowest BCUT2D eigenvalue weighted by Crippen LogP contribution is -2.22. The maximum atomic E-state index is 13.4. The number of hydrogen-bond donors (Lipinski definition) is 1. The SMILES string of the molecule is CCNC(c1ccc(C)cc1)c1ccc(F)c(C)c1. The molecule has 100 valence electrons. The summed E-state index contributed by atoms with van der Waals surface area (Å²) in [6.07, 6.45) is 0. The van der Waals surface area contributed by atoms with Crippen LogP contribution in [0.3, 0.4) is 0 Å². The minimum absolute atomic E-state index is 0.116. The predicted octanol–water partition coefficient (Wildman–Crippen LogP) is 4.14. The van der Waals surface area contributed by atoms with Crippen LogP contribution in [0, 0.1) is 19.7 Å². The van der Waals surface area contributed by atoms with Crippen LogP contribution < -0.4 is 5.32 Å². The van der Waals surface area contributed by atoms with E-state index in [1.165, 1.54) is 11.1 Å². The van der Waals surface area contributed by atoms with Gasteiger partial charge >= 0.3 is 0 Å². The molecule has 0 bridgehead atoms. The molecule has 1 N–H and O–H groups in total. The second-order valence-electron chi connectivity index (χ2n) is 4.91. The van der Waals surface area contributed by atoms with Crippen LogP contribution in [0.4, 0.5) is 4.39 Å². The molecular weight excluding hydrogens is 237 g/mol. The highest BCUT2D eigenvalue weighted by molar-refractivity contribution is 5.35. The molecule has 1 nitrogen and oxygen atoms in total. The summed E-state index contributed by atoms with van der Waals surface area (Å²) in [7, 11) is 0. The molecule has 0 aliphatic rings. The summed E-state index contributed by atoms with van der Waals surface area (Å²) >= 11 is 0. The van der Waals surface area contributed by atoms with Gasteiger partial charge in [-0.15, -0.1) is 0 Å². The summed E-state index contributed by atoms with van der Waals surface area (Å²) in [5.41, 5.74) is 4.24. The van der Waals surface area contributed by atoms with Gasteiger partial charge in [-0.3, -0.25) is 0 Å². The van der Waals surface area contributed by atoms with Crippen LogP contribution in [0.2, 0.25) is 0 Å². The van der Waals surface area contributed by atoms with E-state index in [4.69, 9.17) is 0 Å². The van der Waals surface area contributed by atoms with Crippen LogP contribution in [0.15, 0.2) is 42.5 Å². The lowest BCUT2D eigenvalue weighted by molar-refractivity contribution is 0.606. The molecule has 2 aromatic carbocycles. The van der Waals surface area contributed by atoms with Crippen molar-refractivity contribution in [2.75, 3.05) is 6.54 Å². The Morgan fingerprint density at radius 2 is 1.63 bits per heavy atom. The van der Waals surface area contributed by atoms with Gasteiger partial charge in [-0.2, -0.15) is 0 Å². The molecule has 0 radical (unpaired) electrons. The van der Waals surface area contributed by atoms with Gasteiger partial charge in [0.05, 0.1) is 6.04 Å². The number of rotatable bonds is 4. The van der Waals surface area contributed by atoms with E-state index in [1.807, 2.05) is 12.1 Å². The fourth-order valence-corrected chi connectivity index (χ4v) is 2.24. The summed E-state index contributed by atoms with van der Waals surface area (Å²) in [6, 6.07) is 13.9. The first-order valence-electron chi connectivity index (χ1n) is 6.68. The zero-order chi connectivity index (χ0) is 13.8. The largest absolute Gasteiger partial charge is 0.307 e. The van der Waals surface area contributed by atoms with Gasteiger partial charge < -0.3 is 5.32 Å². The Labute approximate surface area is 114 Å². The van der Waals surface area contributed by atoms with Gasteiger partial charge in [-0.1, -0.05) is 48.9 Å². The molecule has 0 aromatic heterocycles. The standard InChI is InChI=1S/C17H20FN/c1-4-19-17(14-7-5-12(2)6-8-14)15-9-10-16(18)13(3)11-15/h5-11,17,19H,4H2,1-3H3. The van der Waals surface area contributed by atoms with Gasteiger partial charge in [0.1, 0.15) is 5.82 Å². The van der Waals surface area contributed by atoms with Gasteiger partial charge in [-0.05, 0) is 43.1 Å². The Bertz CT molecular complexity index is 546.